The van der Waals surface area contributed by atoms with E-state index in [1.807, 2.05) is 24.3 Å². The Hall–Kier alpha value is -2.25. The van der Waals surface area contributed by atoms with Crippen LogP contribution >= 0.6 is 11.6 Å². The van der Waals surface area contributed by atoms with Gasteiger partial charge in [0, 0.05) is 18.0 Å². The van der Waals surface area contributed by atoms with Crippen LogP contribution < -0.4 is 14.4 Å². The van der Waals surface area contributed by atoms with E-state index in [1.54, 1.807) is 24.3 Å². The van der Waals surface area contributed by atoms with Gasteiger partial charge in [-0.1, -0.05) is 43.1 Å². The minimum Gasteiger partial charge on any atom is -0.492 e. The second-order valence-electron chi connectivity index (χ2n) is 7.01. The van der Waals surface area contributed by atoms with Crippen molar-refractivity contribution in [1.29, 1.82) is 0 Å². The van der Waals surface area contributed by atoms with Crippen molar-refractivity contribution in [2.75, 3.05) is 30.3 Å². The molecule has 0 bridgehead atoms. The largest absolute Gasteiger partial charge is 0.492 e. The van der Waals surface area contributed by atoms with Crippen LogP contribution in [0.15, 0.2) is 48.5 Å². The van der Waals surface area contributed by atoms with E-state index in [-0.39, 0.29) is 18.9 Å². The molecule has 0 fully saturated rings. The van der Waals surface area contributed by atoms with Gasteiger partial charge in [-0.05, 0) is 48.7 Å². The summed E-state index contributed by atoms with van der Waals surface area (Å²) in [6.45, 7) is 3.10. The van der Waals surface area contributed by atoms with E-state index in [1.165, 1.54) is 9.87 Å². The predicted molar refractivity (Wildman–Crippen MR) is 122 cm³/mol. The number of rotatable bonds is 12. The van der Waals surface area contributed by atoms with E-state index in [0.717, 1.165) is 24.8 Å². The monoisotopic (exact) mass is 452 g/mol. The molecule has 30 heavy (non-hydrogen) atoms. The summed E-state index contributed by atoms with van der Waals surface area (Å²) in [6, 6.07) is 14.6. The molecule has 0 aliphatic carbocycles. The van der Waals surface area contributed by atoms with E-state index in [0.29, 0.717) is 30.3 Å². The number of halogens is 1. The van der Waals surface area contributed by atoms with Crippen molar-refractivity contribution in [2.45, 2.75) is 32.6 Å². The van der Waals surface area contributed by atoms with E-state index in [2.05, 4.69) is 12.2 Å². The Morgan fingerprint density at radius 3 is 2.53 bits per heavy atom. The lowest BCUT2D eigenvalue weighted by atomic mass is 10.1. The van der Waals surface area contributed by atoms with Gasteiger partial charge in [0.25, 0.3) is 0 Å². The third kappa shape index (κ3) is 8.24. The summed E-state index contributed by atoms with van der Waals surface area (Å²) in [5.41, 5.74) is 1.77. The van der Waals surface area contributed by atoms with E-state index in [4.69, 9.17) is 16.3 Å². The molecule has 0 heterocycles. The number of sulfonamides is 1. The van der Waals surface area contributed by atoms with Crippen LogP contribution in [0.25, 0.3) is 0 Å². The molecule has 0 unspecified atom stereocenters. The van der Waals surface area contributed by atoms with Gasteiger partial charge in [-0.25, -0.2) is 8.42 Å². The molecule has 0 radical (unpaired) electrons. The Morgan fingerprint density at radius 2 is 1.90 bits per heavy atom. The number of anilines is 1. The van der Waals surface area contributed by atoms with Crippen molar-refractivity contribution in [3.8, 4) is 5.75 Å². The average Bonchev–Trinajstić information content (AvgIpc) is 2.69. The van der Waals surface area contributed by atoms with Crippen molar-refractivity contribution in [1.82, 2.24) is 5.32 Å². The standard InChI is InChI=1S/C22H29ClN2O4S/c1-3-6-18-10-12-21(13-11-18)29-16-14-24-22(26)9-5-15-25(30(2,27)28)20-8-4-7-19(23)17-20/h4,7-8,10-13,17H,3,5-6,9,14-16H2,1-2H3,(H,24,26). The number of hydrogen-bond donors (Lipinski definition) is 1. The van der Waals surface area contributed by atoms with Crippen molar-refractivity contribution in [3.63, 3.8) is 0 Å². The molecule has 1 amide bonds. The van der Waals surface area contributed by atoms with Crippen LogP contribution in [0.1, 0.15) is 31.7 Å². The molecule has 0 atom stereocenters. The molecule has 0 saturated heterocycles. The summed E-state index contributed by atoms with van der Waals surface area (Å²) >= 11 is 5.96. The maximum Gasteiger partial charge on any atom is 0.232 e. The first kappa shape index (κ1) is 24.0. The Balaban J connectivity index is 1.71. The van der Waals surface area contributed by atoms with Gasteiger partial charge in [-0.2, -0.15) is 0 Å². The SMILES string of the molecule is CCCc1ccc(OCCNC(=O)CCCN(c2cccc(Cl)c2)S(C)(=O)=O)cc1. The highest BCUT2D eigenvalue weighted by molar-refractivity contribution is 7.92. The molecular weight excluding hydrogens is 424 g/mol. The maximum atomic E-state index is 12.1. The Kier molecular flexibility index (Phi) is 9.46. The summed E-state index contributed by atoms with van der Waals surface area (Å²) in [6.07, 6.45) is 3.90. The number of amides is 1. The smallest absolute Gasteiger partial charge is 0.232 e. The second-order valence-corrected chi connectivity index (χ2v) is 9.35. The molecule has 0 spiro atoms. The molecule has 164 valence electrons. The van der Waals surface area contributed by atoms with Crippen molar-refractivity contribution >= 4 is 33.2 Å². The normalized spacial score (nSPS) is 11.2. The third-order valence-electron chi connectivity index (χ3n) is 4.42. The van der Waals surface area contributed by atoms with Crippen molar-refractivity contribution < 1.29 is 17.9 Å². The van der Waals surface area contributed by atoms with Crippen LogP contribution in [0, 0.1) is 0 Å². The highest BCUT2D eigenvalue weighted by Gasteiger charge is 2.17. The van der Waals surface area contributed by atoms with E-state index < -0.39 is 10.0 Å². The van der Waals surface area contributed by atoms with Gasteiger partial charge < -0.3 is 10.1 Å². The second kappa shape index (κ2) is 11.8. The third-order valence-corrected chi connectivity index (χ3v) is 5.85. The number of aryl methyl sites for hydroxylation is 1. The van der Waals surface area contributed by atoms with Gasteiger partial charge in [0.2, 0.25) is 15.9 Å². The Morgan fingerprint density at radius 1 is 1.17 bits per heavy atom. The molecule has 1 N–H and O–H groups in total. The fraction of sp³-hybridized carbons (Fsp3) is 0.409. The van der Waals surface area contributed by atoms with Gasteiger partial charge in [0.1, 0.15) is 12.4 Å². The number of ether oxygens (including phenoxy) is 1. The van der Waals surface area contributed by atoms with E-state index >= 15 is 0 Å². The minimum absolute atomic E-state index is 0.142. The van der Waals surface area contributed by atoms with Crippen molar-refractivity contribution in [3.05, 3.63) is 59.1 Å². The Labute approximate surface area is 184 Å². The zero-order valence-corrected chi connectivity index (χ0v) is 19.0. The number of hydrogen-bond acceptors (Lipinski definition) is 4. The van der Waals surface area contributed by atoms with Gasteiger partial charge in [-0.3, -0.25) is 9.10 Å². The molecule has 0 saturated carbocycles. The van der Waals surface area contributed by atoms with Crippen LogP contribution in [-0.4, -0.2) is 40.3 Å². The van der Waals surface area contributed by atoms with Crippen LogP contribution in [0.3, 0.4) is 0 Å². The number of nitrogens with zero attached hydrogens (tertiary/aromatic N) is 1. The average molecular weight is 453 g/mol. The topological polar surface area (TPSA) is 75.7 Å². The molecule has 0 aliphatic rings. The maximum absolute atomic E-state index is 12.1. The molecule has 2 aromatic carbocycles. The minimum atomic E-state index is -3.47. The first-order valence-corrected chi connectivity index (χ1v) is 12.2. The number of carbonyl (C=O) groups is 1. The molecule has 6 nitrogen and oxygen atoms in total. The highest BCUT2D eigenvalue weighted by Crippen LogP contribution is 2.22. The molecule has 2 rings (SSSR count). The molecule has 2 aromatic rings. The number of carbonyl (C=O) groups excluding carboxylic acids is 1. The van der Waals surface area contributed by atoms with Crippen molar-refractivity contribution in [2.24, 2.45) is 0 Å². The fourth-order valence-corrected chi connectivity index (χ4v) is 4.13. The quantitative estimate of drug-likeness (QED) is 0.493. The van der Waals surface area contributed by atoms with Crippen LogP contribution in [0.2, 0.25) is 5.02 Å². The first-order chi connectivity index (χ1) is 14.3. The molecular formula is C22H29ClN2O4S. The summed E-state index contributed by atoms with van der Waals surface area (Å²) < 4.78 is 31.1. The van der Waals surface area contributed by atoms with Gasteiger partial charge in [0.15, 0.2) is 0 Å². The van der Waals surface area contributed by atoms with E-state index in [9.17, 15) is 13.2 Å². The summed E-state index contributed by atoms with van der Waals surface area (Å²) in [5, 5.41) is 3.25. The predicted octanol–water partition coefficient (Wildman–Crippen LogP) is 4.03. The lowest BCUT2D eigenvalue weighted by molar-refractivity contribution is -0.121. The summed E-state index contributed by atoms with van der Waals surface area (Å²) in [7, 11) is -3.47. The molecule has 0 aliphatic heterocycles. The van der Waals surface area contributed by atoms with Gasteiger partial charge >= 0.3 is 0 Å². The van der Waals surface area contributed by atoms with Gasteiger partial charge in [-0.15, -0.1) is 0 Å². The zero-order chi connectivity index (χ0) is 22.0. The van der Waals surface area contributed by atoms with Crippen LogP contribution in [0.5, 0.6) is 5.75 Å². The zero-order valence-electron chi connectivity index (χ0n) is 17.4. The lowest BCUT2D eigenvalue weighted by Crippen LogP contribution is -2.32. The summed E-state index contributed by atoms with van der Waals surface area (Å²) in [5.74, 6) is 0.630. The molecule has 0 aromatic heterocycles. The number of nitrogens with one attached hydrogen (secondary N) is 1. The van der Waals surface area contributed by atoms with Crippen LogP contribution in [0.4, 0.5) is 5.69 Å². The highest BCUT2D eigenvalue weighted by atomic mass is 35.5. The lowest BCUT2D eigenvalue weighted by Gasteiger charge is -2.22. The van der Waals surface area contributed by atoms with Gasteiger partial charge in [0.05, 0.1) is 18.5 Å². The van der Waals surface area contributed by atoms with Crippen LogP contribution in [-0.2, 0) is 21.2 Å². The summed E-state index contributed by atoms with van der Waals surface area (Å²) in [4.78, 5) is 12.0. The number of benzene rings is 2. The first-order valence-electron chi connectivity index (χ1n) is 10.0. The Bertz CT molecular complexity index is 917. The molecule has 8 heteroatoms. The fourth-order valence-electron chi connectivity index (χ4n) is 2.99.